The first-order valence-corrected chi connectivity index (χ1v) is 11.0. The second-order valence-corrected chi connectivity index (χ2v) is 9.08. The quantitative estimate of drug-likeness (QED) is 0.834. The van der Waals surface area contributed by atoms with Gasteiger partial charge in [0.1, 0.15) is 17.6 Å². The van der Waals surface area contributed by atoms with E-state index in [1.54, 1.807) is 0 Å². The van der Waals surface area contributed by atoms with Crippen LogP contribution in [0.5, 0.6) is 5.75 Å². The normalized spacial score (nSPS) is 26.8. The summed E-state index contributed by atoms with van der Waals surface area (Å²) in [4.78, 5) is 14.3. The summed E-state index contributed by atoms with van der Waals surface area (Å²) in [5.74, 6) is 1.02. The van der Waals surface area contributed by atoms with Crippen molar-refractivity contribution in [3.05, 3.63) is 63.7 Å². The molecule has 0 unspecified atom stereocenters. The first-order chi connectivity index (χ1) is 14.1. The van der Waals surface area contributed by atoms with E-state index in [9.17, 15) is 4.79 Å². The van der Waals surface area contributed by atoms with Gasteiger partial charge in [-0.15, -0.1) is 0 Å². The Morgan fingerprint density at radius 1 is 1.10 bits per heavy atom. The number of aryl methyl sites for hydroxylation is 1. The van der Waals surface area contributed by atoms with Gasteiger partial charge in [0.15, 0.2) is 0 Å². The van der Waals surface area contributed by atoms with Crippen LogP contribution in [0.15, 0.2) is 36.4 Å². The van der Waals surface area contributed by atoms with Gasteiger partial charge in [0.25, 0.3) is 0 Å². The summed E-state index contributed by atoms with van der Waals surface area (Å²) in [5.41, 5.74) is 11.1. The van der Waals surface area contributed by atoms with E-state index < -0.39 is 0 Å². The Hall–Kier alpha value is -1.88. The van der Waals surface area contributed by atoms with Crippen LogP contribution in [0.3, 0.4) is 0 Å². The van der Waals surface area contributed by atoms with Gasteiger partial charge in [-0.25, -0.2) is 0 Å². The molecular weight excluding hydrogens is 384 g/mol. The molecule has 1 saturated heterocycles. The number of likely N-dealkylation sites (tertiary alicyclic amines) is 1. The summed E-state index contributed by atoms with van der Waals surface area (Å²) in [6.45, 7) is 1.98. The maximum absolute atomic E-state index is 11.8. The van der Waals surface area contributed by atoms with Crippen molar-refractivity contribution < 1.29 is 9.53 Å². The molecule has 152 valence electrons. The fourth-order valence-corrected chi connectivity index (χ4v) is 5.41. The highest BCUT2D eigenvalue weighted by molar-refractivity contribution is 6.32. The van der Waals surface area contributed by atoms with E-state index in [1.165, 1.54) is 16.7 Å². The van der Waals surface area contributed by atoms with Crippen LogP contribution in [0.2, 0.25) is 5.02 Å². The molecule has 0 amide bonds. The van der Waals surface area contributed by atoms with Gasteiger partial charge >= 0.3 is 0 Å². The molecule has 0 saturated carbocycles. The van der Waals surface area contributed by atoms with Gasteiger partial charge in [-0.2, -0.15) is 0 Å². The number of nitrogens with two attached hydrogens (primary N) is 1. The summed E-state index contributed by atoms with van der Waals surface area (Å²) in [6.07, 6.45) is 5.01. The zero-order chi connectivity index (χ0) is 20.0. The number of fused-ring (bicyclic) bond motifs is 2. The number of carbonyl (C=O) groups excluding carboxylic acids is 1. The number of ether oxygens (including phenoxy) is 1. The molecule has 0 spiro atoms. The molecule has 1 heterocycles. The predicted molar refractivity (Wildman–Crippen MR) is 115 cm³/mol. The van der Waals surface area contributed by atoms with Crippen LogP contribution in [-0.2, 0) is 24.1 Å². The average molecular weight is 411 g/mol. The Labute approximate surface area is 177 Å². The number of halogens is 1. The molecule has 5 heteroatoms. The molecule has 29 heavy (non-hydrogen) atoms. The van der Waals surface area contributed by atoms with Gasteiger partial charge in [0.05, 0.1) is 11.1 Å². The minimum Gasteiger partial charge on any atom is -0.482 e. The molecule has 0 bridgehead atoms. The lowest BCUT2D eigenvalue weighted by Gasteiger charge is -2.38. The Kier molecular flexibility index (Phi) is 5.10. The first-order valence-electron chi connectivity index (χ1n) is 10.7. The summed E-state index contributed by atoms with van der Waals surface area (Å²) in [6, 6.07) is 13.1. The van der Waals surface area contributed by atoms with E-state index >= 15 is 0 Å². The standard InChI is InChI=1S/C24H27ClN2O2/c25-21-11-17-10-19(28)8-7-15(17)13-23(21)29-24-20-6-2-1-4-16(20)12-22(24)27-9-3-5-18(26)14-27/h1-2,4,6,11,13,18,22,24H,3,5,7-10,12,14,26H2/t18-,22-,24-/m1/s1. The van der Waals surface area contributed by atoms with E-state index in [-0.39, 0.29) is 24.0 Å². The zero-order valence-electron chi connectivity index (χ0n) is 16.6. The average Bonchev–Trinajstić information content (AvgIpc) is 3.07. The second kappa shape index (κ2) is 7.75. The van der Waals surface area contributed by atoms with E-state index in [4.69, 9.17) is 22.1 Å². The molecular formula is C24H27ClN2O2. The van der Waals surface area contributed by atoms with Gasteiger partial charge < -0.3 is 10.5 Å². The van der Waals surface area contributed by atoms with Crippen LogP contribution in [0, 0.1) is 0 Å². The minimum absolute atomic E-state index is 0.0581. The van der Waals surface area contributed by atoms with Crippen molar-refractivity contribution in [2.24, 2.45) is 5.73 Å². The minimum atomic E-state index is -0.0581. The molecule has 1 fully saturated rings. The first kappa shape index (κ1) is 19.1. The van der Waals surface area contributed by atoms with Crippen molar-refractivity contribution >= 4 is 17.4 Å². The third-order valence-electron chi connectivity index (χ3n) is 6.67. The second-order valence-electron chi connectivity index (χ2n) is 8.67. The summed E-state index contributed by atoms with van der Waals surface area (Å²) >= 11 is 6.60. The van der Waals surface area contributed by atoms with E-state index in [0.29, 0.717) is 17.9 Å². The number of carbonyl (C=O) groups is 1. The summed E-state index contributed by atoms with van der Waals surface area (Å²) in [7, 11) is 0. The Bertz CT molecular complexity index is 944. The van der Waals surface area contributed by atoms with Crippen LogP contribution in [-0.4, -0.2) is 35.9 Å². The molecule has 5 rings (SSSR count). The summed E-state index contributed by atoms with van der Waals surface area (Å²) in [5, 5.41) is 0.594. The molecule has 3 atom stereocenters. The van der Waals surface area contributed by atoms with Crippen LogP contribution in [0.4, 0.5) is 0 Å². The van der Waals surface area contributed by atoms with Crippen molar-refractivity contribution in [1.29, 1.82) is 0 Å². The third kappa shape index (κ3) is 3.70. The fraction of sp³-hybridized carbons (Fsp3) is 0.458. The SMILES string of the molecule is N[C@@H]1CCCN([C@@H]2Cc3ccccc3[C@H]2Oc2cc3c(cc2Cl)CC(=O)CC3)C1. The molecule has 3 aliphatic rings. The van der Waals surface area contributed by atoms with Gasteiger partial charge in [0, 0.05) is 25.4 Å². The number of nitrogens with zero attached hydrogens (tertiary/aromatic N) is 1. The lowest BCUT2D eigenvalue weighted by Crippen LogP contribution is -2.49. The number of rotatable bonds is 3. The van der Waals surface area contributed by atoms with Gasteiger partial charge in [-0.3, -0.25) is 9.69 Å². The van der Waals surface area contributed by atoms with E-state index in [0.717, 1.165) is 50.1 Å². The molecule has 0 radical (unpaired) electrons. The zero-order valence-corrected chi connectivity index (χ0v) is 17.3. The molecule has 1 aliphatic heterocycles. The molecule has 2 aromatic carbocycles. The Morgan fingerprint density at radius 2 is 1.97 bits per heavy atom. The van der Waals surface area contributed by atoms with E-state index in [2.05, 4.69) is 35.2 Å². The van der Waals surface area contributed by atoms with Gasteiger partial charge in [-0.05, 0) is 66.6 Å². The highest BCUT2D eigenvalue weighted by atomic mass is 35.5. The van der Waals surface area contributed by atoms with Crippen LogP contribution in [0.25, 0.3) is 0 Å². The fourth-order valence-electron chi connectivity index (χ4n) is 5.18. The van der Waals surface area contributed by atoms with Gasteiger partial charge in [-0.1, -0.05) is 35.9 Å². The highest BCUT2D eigenvalue weighted by Crippen LogP contribution is 2.41. The van der Waals surface area contributed by atoms with Crippen LogP contribution < -0.4 is 10.5 Å². The molecule has 0 aromatic heterocycles. The maximum atomic E-state index is 11.8. The lowest BCUT2D eigenvalue weighted by atomic mass is 9.91. The predicted octanol–water partition coefficient (Wildman–Crippen LogP) is 3.87. The van der Waals surface area contributed by atoms with Crippen LogP contribution >= 0.6 is 11.6 Å². The molecule has 2 N–H and O–H groups in total. The number of Topliss-reactive ketones (excluding diaryl/α,β-unsaturated/α-hetero) is 1. The number of benzene rings is 2. The number of piperidine rings is 1. The number of ketones is 1. The van der Waals surface area contributed by atoms with Crippen molar-refractivity contribution in [1.82, 2.24) is 4.90 Å². The largest absolute Gasteiger partial charge is 0.482 e. The summed E-state index contributed by atoms with van der Waals surface area (Å²) < 4.78 is 6.63. The Balaban J connectivity index is 1.47. The van der Waals surface area contributed by atoms with Crippen molar-refractivity contribution in [2.75, 3.05) is 13.1 Å². The monoisotopic (exact) mass is 410 g/mol. The lowest BCUT2D eigenvalue weighted by molar-refractivity contribution is -0.118. The number of hydrogen-bond acceptors (Lipinski definition) is 4. The topological polar surface area (TPSA) is 55.6 Å². The van der Waals surface area contributed by atoms with Crippen molar-refractivity contribution in [3.8, 4) is 5.75 Å². The number of hydrogen-bond donors (Lipinski definition) is 1. The van der Waals surface area contributed by atoms with Crippen molar-refractivity contribution in [3.63, 3.8) is 0 Å². The van der Waals surface area contributed by atoms with Gasteiger partial charge in [0.2, 0.25) is 0 Å². The molecule has 2 aromatic rings. The smallest absolute Gasteiger partial charge is 0.140 e. The third-order valence-corrected chi connectivity index (χ3v) is 6.96. The molecule has 2 aliphatic carbocycles. The Morgan fingerprint density at radius 3 is 2.83 bits per heavy atom. The van der Waals surface area contributed by atoms with Crippen molar-refractivity contribution in [2.45, 2.75) is 56.7 Å². The molecule has 4 nitrogen and oxygen atoms in total. The highest BCUT2D eigenvalue weighted by Gasteiger charge is 2.39. The van der Waals surface area contributed by atoms with Crippen LogP contribution in [0.1, 0.15) is 47.6 Å². The maximum Gasteiger partial charge on any atom is 0.140 e. The van der Waals surface area contributed by atoms with E-state index in [1.807, 2.05) is 6.07 Å².